The standard InChI is InChI=1S/C24H16N2.C11H6F2N.Ir/c1-25-15-26(22-8-3-2-7-21(22)25)20-14-12-18-10-9-16-5-4-6-17-11-13-19(20)24(18)23(16)17;12-8-4-5-9(10(13)7-8)11-3-1-2-6-14-11;/h2-13,15H,1H3;1-4,6-7H;/q;-1;. The van der Waals surface area contributed by atoms with Gasteiger partial charge in [0, 0.05) is 62.8 Å². The van der Waals surface area contributed by atoms with Crippen molar-refractivity contribution in [2.75, 3.05) is 0 Å². The molecule has 8 aromatic rings. The summed E-state index contributed by atoms with van der Waals surface area (Å²) in [7, 11) is 2.09. The molecule has 41 heavy (non-hydrogen) atoms. The van der Waals surface area contributed by atoms with E-state index < -0.39 is 11.6 Å². The number of benzene rings is 6. The fourth-order valence-electron chi connectivity index (χ4n) is 5.44. The van der Waals surface area contributed by atoms with Crippen molar-refractivity contribution >= 4 is 43.4 Å². The van der Waals surface area contributed by atoms with Gasteiger partial charge in [-0.2, -0.15) is 10.6 Å². The predicted molar refractivity (Wildman–Crippen MR) is 158 cm³/mol. The minimum atomic E-state index is -0.649. The first-order valence-corrected chi connectivity index (χ1v) is 12.9. The Morgan fingerprint density at radius 3 is 2.22 bits per heavy atom. The zero-order valence-corrected chi connectivity index (χ0v) is 24.3. The number of hydrogen-bond acceptors (Lipinski definition) is 1. The number of fused-ring (bicyclic) bond motifs is 1. The van der Waals surface area contributed by atoms with E-state index in [1.54, 1.807) is 24.4 Å². The quantitative estimate of drug-likeness (QED) is 0.130. The average molecular weight is 715 g/mol. The van der Waals surface area contributed by atoms with Crippen LogP contribution in [0.5, 0.6) is 0 Å². The summed E-state index contributed by atoms with van der Waals surface area (Å²) in [5.74, 6) is -1.29. The van der Waals surface area contributed by atoms with E-state index in [-0.39, 0.29) is 25.7 Å². The van der Waals surface area contributed by atoms with Crippen LogP contribution in [0.25, 0.3) is 60.3 Å². The second kappa shape index (κ2) is 10.8. The van der Waals surface area contributed by atoms with Gasteiger partial charge >= 0.3 is 0 Å². The van der Waals surface area contributed by atoms with Crippen LogP contribution in [0, 0.1) is 23.8 Å². The van der Waals surface area contributed by atoms with Crippen molar-refractivity contribution in [1.82, 2.24) is 14.1 Å². The fourth-order valence-corrected chi connectivity index (χ4v) is 5.44. The Bertz CT molecular complexity index is 2140. The van der Waals surface area contributed by atoms with Crippen LogP contribution < -0.4 is 0 Å². The van der Waals surface area contributed by atoms with Gasteiger partial charge < -0.3 is 4.98 Å². The summed E-state index contributed by atoms with van der Waals surface area (Å²) in [5.41, 5.74) is 4.15. The number of aromatic nitrogens is 3. The largest absolute Gasteiger partial charge is 0.305 e. The Balaban J connectivity index is 0.000000172. The number of imidazole rings is 1. The third kappa shape index (κ3) is 4.65. The molecule has 0 fully saturated rings. The first kappa shape index (κ1) is 26.7. The summed E-state index contributed by atoms with van der Waals surface area (Å²) in [5, 5.41) is 7.75. The van der Waals surface area contributed by atoms with Crippen LogP contribution in [-0.4, -0.2) is 14.1 Å². The van der Waals surface area contributed by atoms with Gasteiger partial charge in [0.15, 0.2) is 17.4 Å². The zero-order chi connectivity index (χ0) is 27.2. The summed E-state index contributed by atoms with van der Waals surface area (Å²) < 4.78 is 30.2. The molecule has 0 amide bonds. The molecule has 6 aromatic carbocycles. The van der Waals surface area contributed by atoms with Crippen LogP contribution in [0.2, 0.25) is 0 Å². The van der Waals surface area contributed by atoms with E-state index in [0.717, 1.165) is 17.8 Å². The number of para-hydroxylation sites is 2. The van der Waals surface area contributed by atoms with Crippen LogP contribution in [0.15, 0.2) is 116 Å². The van der Waals surface area contributed by atoms with E-state index in [9.17, 15) is 8.78 Å². The maximum atomic E-state index is 13.2. The summed E-state index contributed by atoms with van der Waals surface area (Å²) in [4.78, 5) is 3.95. The van der Waals surface area contributed by atoms with Crippen LogP contribution in [0.3, 0.4) is 0 Å². The van der Waals surface area contributed by atoms with Gasteiger partial charge in [-0.05, 0) is 40.1 Å². The molecule has 201 valence electrons. The number of rotatable bonds is 2. The molecule has 0 aliphatic rings. The number of hydrogen-bond donors (Lipinski definition) is 0. The Hall–Kier alpha value is -4.51. The maximum Gasteiger partial charge on any atom is 0.188 e. The second-order valence-electron chi connectivity index (χ2n) is 9.70. The molecule has 0 spiro atoms. The van der Waals surface area contributed by atoms with Crippen molar-refractivity contribution in [3.8, 4) is 16.9 Å². The summed E-state index contributed by atoms with van der Waals surface area (Å²) in [6, 6.07) is 39.1. The van der Waals surface area contributed by atoms with Crippen LogP contribution in [-0.2, 0) is 27.2 Å². The molecule has 1 radical (unpaired) electrons. The van der Waals surface area contributed by atoms with Crippen LogP contribution in [0.1, 0.15) is 0 Å². The van der Waals surface area contributed by atoms with Crippen molar-refractivity contribution in [3.05, 3.63) is 139 Å². The van der Waals surface area contributed by atoms with Gasteiger partial charge in [0.1, 0.15) is 0 Å². The van der Waals surface area contributed by atoms with E-state index >= 15 is 0 Å². The topological polar surface area (TPSA) is 22.8 Å². The molecular formula is C35H22F2IrN3-. The van der Waals surface area contributed by atoms with Crippen LogP contribution >= 0.6 is 0 Å². The van der Waals surface area contributed by atoms with E-state index in [1.807, 2.05) is 0 Å². The summed E-state index contributed by atoms with van der Waals surface area (Å²) in [6.45, 7) is 0. The average Bonchev–Trinajstić information content (AvgIpc) is 3.33. The molecule has 3 nitrogen and oxygen atoms in total. The summed E-state index contributed by atoms with van der Waals surface area (Å²) >= 11 is 0. The minimum absolute atomic E-state index is 0. The minimum Gasteiger partial charge on any atom is -0.305 e. The fraction of sp³-hybridized carbons (Fsp3) is 0.0286. The molecule has 8 rings (SSSR count). The first-order chi connectivity index (χ1) is 19.6. The van der Waals surface area contributed by atoms with E-state index in [4.69, 9.17) is 0 Å². The Morgan fingerprint density at radius 1 is 0.732 bits per heavy atom. The first-order valence-electron chi connectivity index (χ1n) is 12.9. The van der Waals surface area contributed by atoms with Crippen molar-refractivity contribution in [2.24, 2.45) is 7.05 Å². The van der Waals surface area contributed by atoms with Gasteiger partial charge in [-0.15, -0.1) is 35.0 Å². The Labute approximate surface area is 249 Å². The number of halogens is 2. The molecule has 0 saturated heterocycles. The molecule has 0 atom stereocenters. The van der Waals surface area contributed by atoms with Crippen molar-refractivity contribution < 1.29 is 28.9 Å². The third-order valence-corrected chi connectivity index (χ3v) is 7.26. The SMILES string of the molecule is Cn1[cH+]n(-c2[c-]cc3ccc4cccc5ccc2c3c45)c2ccccc21.Fc1c[c-]c(-c2ccccn2)c(F)c1.[Ir]. The maximum absolute atomic E-state index is 13.2. The summed E-state index contributed by atoms with van der Waals surface area (Å²) in [6.07, 6.45) is 3.69. The number of aryl methyl sites for hydroxylation is 1. The Kier molecular flexibility index (Phi) is 7.04. The molecule has 0 unspecified atom stereocenters. The van der Waals surface area contributed by atoms with E-state index in [1.165, 1.54) is 43.4 Å². The van der Waals surface area contributed by atoms with Gasteiger partial charge in [0.25, 0.3) is 0 Å². The molecule has 6 heteroatoms. The predicted octanol–water partition coefficient (Wildman–Crippen LogP) is 8.77. The molecule has 2 aromatic heterocycles. The number of nitrogens with zero attached hydrogens (tertiary/aromatic N) is 3. The monoisotopic (exact) mass is 715 g/mol. The van der Waals surface area contributed by atoms with Gasteiger partial charge in [0.2, 0.25) is 0 Å². The van der Waals surface area contributed by atoms with E-state index in [2.05, 4.69) is 112 Å². The molecule has 0 aliphatic heterocycles. The molecule has 0 aliphatic carbocycles. The third-order valence-electron chi connectivity index (χ3n) is 7.26. The van der Waals surface area contributed by atoms with E-state index in [0.29, 0.717) is 5.69 Å². The normalized spacial score (nSPS) is 11.1. The van der Waals surface area contributed by atoms with Crippen molar-refractivity contribution in [1.29, 1.82) is 0 Å². The smallest absolute Gasteiger partial charge is 0.188 e. The molecule has 0 bridgehead atoms. The van der Waals surface area contributed by atoms with Gasteiger partial charge in [0.05, 0.1) is 0 Å². The van der Waals surface area contributed by atoms with Gasteiger partial charge in [-0.3, -0.25) is 8.78 Å². The van der Waals surface area contributed by atoms with Gasteiger partial charge in [-0.1, -0.05) is 65.5 Å². The number of pyridine rings is 1. The molecular weight excluding hydrogens is 693 g/mol. The van der Waals surface area contributed by atoms with Crippen molar-refractivity contribution in [3.63, 3.8) is 0 Å². The van der Waals surface area contributed by atoms with Crippen LogP contribution in [0.4, 0.5) is 8.78 Å². The van der Waals surface area contributed by atoms with Crippen molar-refractivity contribution in [2.45, 2.75) is 0 Å². The second-order valence-corrected chi connectivity index (χ2v) is 9.70. The molecule has 0 saturated carbocycles. The Morgan fingerprint density at radius 2 is 1.46 bits per heavy atom. The molecule has 2 heterocycles. The zero-order valence-electron chi connectivity index (χ0n) is 21.9. The van der Waals surface area contributed by atoms with Gasteiger partial charge in [-0.25, -0.2) is 4.57 Å². The molecule has 0 N–H and O–H groups in total.